The molecule has 0 saturated heterocycles. The SMILES string of the molecule is COC(=O)c1c(NC(=O)c2ccc(Br)o2)sc2c1CCC(C(C)(C)C)C2. The van der Waals surface area contributed by atoms with E-state index in [-0.39, 0.29) is 17.1 Å². The van der Waals surface area contributed by atoms with Gasteiger partial charge in [0.15, 0.2) is 10.4 Å². The number of ether oxygens (including phenoxy) is 1. The molecule has 1 unspecified atom stereocenters. The van der Waals surface area contributed by atoms with Gasteiger partial charge in [-0.2, -0.15) is 0 Å². The standard InChI is InChI=1S/C19H22BrNO4S/c1-19(2,3)10-5-6-11-13(9-10)26-17(15(11)18(23)24-4)21-16(22)12-7-8-14(20)25-12/h7-8,10H,5-6,9H2,1-4H3,(H,21,22). The van der Waals surface area contributed by atoms with Crippen LogP contribution in [-0.4, -0.2) is 19.0 Å². The topological polar surface area (TPSA) is 68.5 Å². The lowest BCUT2D eigenvalue weighted by Gasteiger charge is -2.33. The molecule has 1 atom stereocenters. The van der Waals surface area contributed by atoms with Crippen LogP contribution in [0.15, 0.2) is 21.2 Å². The fraction of sp³-hybridized carbons (Fsp3) is 0.474. The minimum absolute atomic E-state index is 0.187. The van der Waals surface area contributed by atoms with Crippen LogP contribution in [0.25, 0.3) is 0 Å². The molecular weight excluding hydrogens is 418 g/mol. The molecule has 2 heterocycles. The lowest BCUT2D eigenvalue weighted by Crippen LogP contribution is -2.26. The molecule has 1 amide bonds. The van der Waals surface area contributed by atoms with Gasteiger partial charge in [-0.1, -0.05) is 20.8 Å². The van der Waals surface area contributed by atoms with Crippen LogP contribution in [0.3, 0.4) is 0 Å². The molecule has 140 valence electrons. The number of fused-ring (bicyclic) bond motifs is 1. The first kappa shape index (κ1) is 19.2. The number of hydrogen-bond donors (Lipinski definition) is 1. The van der Waals surface area contributed by atoms with Gasteiger partial charge in [0.1, 0.15) is 5.00 Å². The minimum atomic E-state index is -0.410. The highest BCUT2D eigenvalue weighted by Crippen LogP contribution is 2.44. The number of carbonyl (C=O) groups is 2. The first-order valence-electron chi connectivity index (χ1n) is 8.50. The summed E-state index contributed by atoms with van der Waals surface area (Å²) >= 11 is 4.66. The summed E-state index contributed by atoms with van der Waals surface area (Å²) in [7, 11) is 1.36. The van der Waals surface area contributed by atoms with Crippen molar-refractivity contribution in [3.05, 3.63) is 38.6 Å². The van der Waals surface area contributed by atoms with E-state index >= 15 is 0 Å². The number of furan rings is 1. The maximum absolute atomic E-state index is 12.5. The number of rotatable bonds is 3. The second-order valence-electron chi connectivity index (χ2n) is 7.56. The van der Waals surface area contributed by atoms with Gasteiger partial charge in [0.2, 0.25) is 0 Å². The second kappa shape index (κ2) is 7.19. The Bertz CT molecular complexity index is 846. The van der Waals surface area contributed by atoms with Crippen LogP contribution in [0.1, 0.15) is 58.5 Å². The van der Waals surface area contributed by atoms with Gasteiger partial charge >= 0.3 is 5.97 Å². The van der Waals surface area contributed by atoms with Gasteiger partial charge in [-0.05, 0) is 64.2 Å². The molecule has 1 N–H and O–H groups in total. The highest BCUT2D eigenvalue weighted by molar-refractivity contribution is 9.10. The molecule has 2 aromatic rings. The van der Waals surface area contributed by atoms with E-state index < -0.39 is 5.97 Å². The van der Waals surface area contributed by atoms with Crippen LogP contribution in [0.2, 0.25) is 0 Å². The van der Waals surface area contributed by atoms with Crippen molar-refractivity contribution in [2.75, 3.05) is 12.4 Å². The third-order valence-electron chi connectivity index (χ3n) is 4.90. The smallest absolute Gasteiger partial charge is 0.341 e. The van der Waals surface area contributed by atoms with Crippen molar-refractivity contribution in [3.63, 3.8) is 0 Å². The number of amides is 1. The Balaban J connectivity index is 1.94. The predicted molar refractivity (Wildman–Crippen MR) is 105 cm³/mol. The van der Waals surface area contributed by atoms with E-state index in [9.17, 15) is 9.59 Å². The zero-order valence-electron chi connectivity index (χ0n) is 15.3. The third-order valence-corrected chi connectivity index (χ3v) is 6.50. The van der Waals surface area contributed by atoms with Gasteiger partial charge in [0.25, 0.3) is 5.91 Å². The van der Waals surface area contributed by atoms with Crippen molar-refractivity contribution >= 4 is 44.1 Å². The summed E-state index contributed by atoms with van der Waals surface area (Å²) < 4.78 is 10.8. The number of hydrogen-bond acceptors (Lipinski definition) is 5. The largest absolute Gasteiger partial charge is 0.465 e. The zero-order valence-corrected chi connectivity index (χ0v) is 17.7. The number of carbonyl (C=O) groups excluding carboxylic acids is 2. The van der Waals surface area contributed by atoms with Crippen molar-refractivity contribution in [2.24, 2.45) is 11.3 Å². The number of esters is 1. The summed E-state index contributed by atoms with van der Waals surface area (Å²) in [5.41, 5.74) is 1.70. The quantitative estimate of drug-likeness (QED) is 0.659. The fourth-order valence-corrected chi connectivity index (χ4v) is 4.95. The highest BCUT2D eigenvalue weighted by Gasteiger charge is 2.34. The van der Waals surface area contributed by atoms with E-state index in [1.165, 1.54) is 18.4 Å². The summed E-state index contributed by atoms with van der Waals surface area (Å²) in [4.78, 5) is 26.0. The Morgan fingerprint density at radius 1 is 1.35 bits per heavy atom. The third kappa shape index (κ3) is 3.74. The molecule has 0 saturated carbocycles. The van der Waals surface area contributed by atoms with E-state index in [4.69, 9.17) is 9.15 Å². The normalized spacial score (nSPS) is 16.9. The van der Waals surface area contributed by atoms with Crippen LogP contribution in [0.5, 0.6) is 0 Å². The average molecular weight is 440 g/mol. The first-order chi connectivity index (χ1) is 12.2. The molecule has 0 bridgehead atoms. The molecule has 7 heteroatoms. The zero-order chi connectivity index (χ0) is 19.1. The molecule has 0 radical (unpaired) electrons. The molecular formula is C19H22BrNO4S. The second-order valence-corrected chi connectivity index (χ2v) is 9.45. The molecule has 3 rings (SSSR count). The predicted octanol–water partition coefficient (Wildman–Crippen LogP) is 5.29. The molecule has 0 aromatic carbocycles. The van der Waals surface area contributed by atoms with E-state index in [0.717, 1.165) is 29.7 Å². The van der Waals surface area contributed by atoms with Gasteiger partial charge in [-0.3, -0.25) is 4.79 Å². The Morgan fingerprint density at radius 3 is 2.65 bits per heavy atom. The minimum Gasteiger partial charge on any atom is -0.465 e. The summed E-state index contributed by atoms with van der Waals surface area (Å²) in [5, 5.41) is 3.37. The molecule has 5 nitrogen and oxygen atoms in total. The Hall–Kier alpha value is -1.60. The fourth-order valence-electron chi connectivity index (χ4n) is 3.33. The maximum atomic E-state index is 12.5. The summed E-state index contributed by atoms with van der Waals surface area (Å²) in [6, 6.07) is 3.24. The van der Waals surface area contributed by atoms with Gasteiger partial charge in [-0.15, -0.1) is 11.3 Å². The molecule has 26 heavy (non-hydrogen) atoms. The molecule has 1 aliphatic carbocycles. The summed E-state index contributed by atoms with van der Waals surface area (Å²) in [5.74, 6) is -0.0604. The summed E-state index contributed by atoms with van der Waals surface area (Å²) in [6.07, 6.45) is 2.76. The highest BCUT2D eigenvalue weighted by atomic mass is 79.9. The number of methoxy groups -OCH3 is 1. The molecule has 0 spiro atoms. The van der Waals surface area contributed by atoms with Crippen molar-refractivity contribution < 1.29 is 18.7 Å². The van der Waals surface area contributed by atoms with E-state index in [2.05, 4.69) is 42.0 Å². The first-order valence-corrected chi connectivity index (χ1v) is 10.1. The van der Waals surface area contributed by atoms with Crippen LogP contribution in [-0.2, 0) is 17.6 Å². The molecule has 0 aliphatic heterocycles. The van der Waals surface area contributed by atoms with E-state index in [1.54, 1.807) is 12.1 Å². The van der Waals surface area contributed by atoms with Crippen LogP contribution in [0.4, 0.5) is 5.00 Å². The van der Waals surface area contributed by atoms with Crippen LogP contribution < -0.4 is 5.32 Å². The maximum Gasteiger partial charge on any atom is 0.341 e. The summed E-state index contributed by atoms with van der Waals surface area (Å²) in [6.45, 7) is 6.73. The van der Waals surface area contributed by atoms with Crippen molar-refractivity contribution in [1.82, 2.24) is 0 Å². The molecule has 0 fully saturated rings. The van der Waals surface area contributed by atoms with Gasteiger partial charge in [-0.25, -0.2) is 4.79 Å². The van der Waals surface area contributed by atoms with E-state index in [1.807, 2.05) is 0 Å². The van der Waals surface area contributed by atoms with Crippen LogP contribution in [0, 0.1) is 11.3 Å². The number of nitrogens with one attached hydrogen (secondary N) is 1. The Morgan fingerprint density at radius 2 is 2.08 bits per heavy atom. The van der Waals surface area contributed by atoms with Crippen molar-refractivity contribution in [1.29, 1.82) is 0 Å². The lowest BCUT2D eigenvalue weighted by atomic mass is 9.72. The van der Waals surface area contributed by atoms with Crippen LogP contribution >= 0.6 is 27.3 Å². The number of thiophene rings is 1. The van der Waals surface area contributed by atoms with Gasteiger partial charge in [0, 0.05) is 4.88 Å². The lowest BCUT2D eigenvalue weighted by molar-refractivity contribution is 0.0600. The van der Waals surface area contributed by atoms with Crippen molar-refractivity contribution in [2.45, 2.75) is 40.0 Å². The van der Waals surface area contributed by atoms with Gasteiger partial charge < -0.3 is 14.5 Å². The molecule has 2 aromatic heterocycles. The average Bonchev–Trinajstić information content (AvgIpc) is 3.16. The Labute approximate surface area is 165 Å². The van der Waals surface area contributed by atoms with Crippen molar-refractivity contribution in [3.8, 4) is 0 Å². The monoisotopic (exact) mass is 439 g/mol. The van der Waals surface area contributed by atoms with Gasteiger partial charge in [0.05, 0.1) is 12.7 Å². The molecule has 1 aliphatic rings. The number of anilines is 1. The Kier molecular flexibility index (Phi) is 5.30. The van der Waals surface area contributed by atoms with E-state index in [0.29, 0.717) is 21.2 Å². The number of halogens is 1.